The SMILES string of the molecule is CC(O)CC(C)(C)CNC(=O)C(C)C1CNC1. The maximum atomic E-state index is 11.9. The maximum Gasteiger partial charge on any atom is 0.223 e. The minimum atomic E-state index is -0.324. The van der Waals surface area contributed by atoms with Crippen molar-refractivity contribution in [1.82, 2.24) is 10.6 Å². The Kier molecular flexibility index (Phi) is 4.95. The standard InChI is InChI=1S/C13H26N2O2/c1-9(16)5-13(3,4)8-15-12(17)10(2)11-6-14-7-11/h9-11,14,16H,5-8H2,1-4H3,(H,15,17). The Morgan fingerprint density at radius 3 is 2.47 bits per heavy atom. The predicted molar refractivity (Wildman–Crippen MR) is 68.6 cm³/mol. The molecule has 1 heterocycles. The molecule has 0 saturated carbocycles. The first-order valence-corrected chi connectivity index (χ1v) is 6.48. The minimum Gasteiger partial charge on any atom is -0.393 e. The molecule has 0 aliphatic carbocycles. The Labute approximate surface area is 104 Å². The molecule has 1 rings (SSSR count). The summed E-state index contributed by atoms with van der Waals surface area (Å²) >= 11 is 0. The Balaban J connectivity index is 2.31. The summed E-state index contributed by atoms with van der Waals surface area (Å²) in [6, 6.07) is 0. The van der Waals surface area contributed by atoms with Gasteiger partial charge >= 0.3 is 0 Å². The molecule has 0 radical (unpaired) electrons. The second-order valence-electron chi connectivity index (χ2n) is 6.14. The largest absolute Gasteiger partial charge is 0.393 e. The van der Waals surface area contributed by atoms with E-state index in [1.165, 1.54) is 0 Å². The molecule has 2 atom stereocenters. The normalized spacial score (nSPS) is 20.5. The molecule has 0 spiro atoms. The Bertz CT molecular complexity index is 260. The molecule has 3 N–H and O–H groups in total. The molecule has 1 amide bonds. The van der Waals surface area contributed by atoms with Crippen molar-refractivity contribution < 1.29 is 9.90 Å². The lowest BCUT2D eigenvalue weighted by atomic mass is 9.85. The van der Waals surface area contributed by atoms with Gasteiger partial charge in [-0.25, -0.2) is 0 Å². The molecule has 0 aromatic heterocycles. The van der Waals surface area contributed by atoms with E-state index in [1.54, 1.807) is 6.92 Å². The van der Waals surface area contributed by atoms with Gasteiger partial charge < -0.3 is 15.7 Å². The second-order valence-corrected chi connectivity index (χ2v) is 6.14. The molecule has 1 fully saturated rings. The summed E-state index contributed by atoms with van der Waals surface area (Å²) < 4.78 is 0. The number of amides is 1. The van der Waals surface area contributed by atoms with Crippen LogP contribution in [0.15, 0.2) is 0 Å². The third-order valence-corrected chi connectivity index (χ3v) is 3.52. The van der Waals surface area contributed by atoms with Crippen molar-refractivity contribution in [1.29, 1.82) is 0 Å². The van der Waals surface area contributed by atoms with Crippen molar-refractivity contribution >= 4 is 5.91 Å². The first kappa shape index (κ1) is 14.5. The monoisotopic (exact) mass is 242 g/mol. The number of hydrogen-bond acceptors (Lipinski definition) is 3. The van der Waals surface area contributed by atoms with Gasteiger partial charge in [-0.2, -0.15) is 0 Å². The zero-order valence-corrected chi connectivity index (χ0v) is 11.4. The van der Waals surface area contributed by atoms with Crippen LogP contribution in [-0.4, -0.2) is 36.8 Å². The first-order valence-electron chi connectivity index (χ1n) is 6.48. The van der Waals surface area contributed by atoms with Crippen LogP contribution in [0.2, 0.25) is 0 Å². The fourth-order valence-corrected chi connectivity index (χ4v) is 2.24. The van der Waals surface area contributed by atoms with Crippen molar-refractivity contribution in [3.05, 3.63) is 0 Å². The Hall–Kier alpha value is -0.610. The number of aliphatic hydroxyl groups excluding tert-OH is 1. The summed E-state index contributed by atoms with van der Waals surface area (Å²) in [5.74, 6) is 0.698. The molecule has 1 aliphatic rings. The van der Waals surface area contributed by atoms with Gasteiger partial charge in [0.15, 0.2) is 0 Å². The van der Waals surface area contributed by atoms with E-state index in [4.69, 9.17) is 0 Å². The van der Waals surface area contributed by atoms with E-state index in [1.807, 2.05) is 6.92 Å². The minimum absolute atomic E-state index is 0.0542. The Morgan fingerprint density at radius 2 is 2.06 bits per heavy atom. The highest BCUT2D eigenvalue weighted by Crippen LogP contribution is 2.22. The lowest BCUT2D eigenvalue weighted by molar-refractivity contribution is -0.127. The van der Waals surface area contributed by atoms with Crippen LogP contribution < -0.4 is 10.6 Å². The average Bonchev–Trinajstić information content (AvgIpc) is 2.09. The summed E-state index contributed by atoms with van der Waals surface area (Å²) in [6.07, 6.45) is 0.377. The molecule has 0 aromatic rings. The second kappa shape index (κ2) is 5.83. The molecule has 17 heavy (non-hydrogen) atoms. The smallest absolute Gasteiger partial charge is 0.223 e. The summed E-state index contributed by atoms with van der Waals surface area (Å²) in [6.45, 7) is 10.4. The van der Waals surface area contributed by atoms with Crippen molar-refractivity contribution in [3.63, 3.8) is 0 Å². The van der Waals surface area contributed by atoms with E-state index in [0.29, 0.717) is 18.9 Å². The van der Waals surface area contributed by atoms with Crippen molar-refractivity contribution in [3.8, 4) is 0 Å². The molecule has 0 aromatic carbocycles. The molecule has 100 valence electrons. The quantitative estimate of drug-likeness (QED) is 0.644. The highest BCUT2D eigenvalue weighted by Gasteiger charge is 2.29. The highest BCUT2D eigenvalue weighted by atomic mass is 16.3. The van der Waals surface area contributed by atoms with Gasteiger partial charge in [-0.3, -0.25) is 4.79 Å². The van der Waals surface area contributed by atoms with Crippen LogP contribution in [0, 0.1) is 17.3 Å². The zero-order valence-electron chi connectivity index (χ0n) is 11.4. The third kappa shape index (κ3) is 4.64. The van der Waals surface area contributed by atoms with E-state index in [2.05, 4.69) is 24.5 Å². The van der Waals surface area contributed by atoms with Crippen LogP contribution in [0.3, 0.4) is 0 Å². The van der Waals surface area contributed by atoms with E-state index < -0.39 is 0 Å². The van der Waals surface area contributed by atoms with Crippen molar-refractivity contribution in [2.75, 3.05) is 19.6 Å². The summed E-state index contributed by atoms with van der Waals surface area (Å²) in [7, 11) is 0. The fourth-order valence-electron chi connectivity index (χ4n) is 2.24. The summed E-state index contributed by atoms with van der Waals surface area (Å²) in [5, 5.41) is 15.6. The lowest BCUT2D eigenvalue weighted by Gasteiger charge is -2.33. The fraction of sp³-hybridized carbons (Fsp3) is 0.923. The van der Waals surface area contributed by atoms with E-state index >= 15 is 0 Å². The van der Waals surface area contributed by atoms with Crippen LogP contribution in [0.4, 0.5) is 0 Å². The molecule has 4 heteroatoms. The van der Waals surface area contributed by atoms with Crippen LogP contribution in [-0.2, 0) is 4.79 Å². The van der Waals surface area contributed by atoms with Gasteiger partial charge in [-0.05, 0) is 37.8 Å². The lowest BCUT2D eigenvalue weighted by Crippen LogP contribution is -2.50. The van der Waals surface area contributed by atoms with E-state index in [0.717, 1.165) is 13.1 Å². The number of carbonyl (C=O) groups excluding carboxylic acids is 1. The van der Waals surface area contributed by atoms with Gasteiger partial charge in [0.2, 0.25) is 5.91 Å². The topological polar surface area (TPSA) is 61.4 Å². The van der Waals surface area contributed by atoms with Crippen LogP contribution in [0.25, 0.3) is 0 Å². The molecule has 0 bridgehead atoms. The van der Waals surface area contributed by atoms with Gasteiger partial charge in [0, 0.05) is 12.5 Å². The molecule has 1 aliphatic heterocycles. The summed E-state index contributed by atoms with van der Waals surface area (Å²) in [4.78, 5) is 11.9. The highest BCUT2D eigenvalue weighted by molar-refractivity contribution is 5.78. The number of hydrogen-bond donors (Lipinski definition) is 3. The van der Waals surface area contributed by atoms with Crippen molar-refractivity contribution in [2.45, 2.75) is 40.2 Å². The van der Waals surface area contributed by atoms with Crippen LogP contribution in [0.5, 0.6) is 0 Å². The van der Waals surface area contributed by atoms with Gasteiger partial charge in [0.25, 0.3) is 0 Å². The summed E-state index contributed by atoms with van der Waals surface area (Å²) in [5.41, 5.74) is -0.0542. The average molecular weight is 242 g/mol. The van der Waals surface area contributed by atoms with Gasteiger partial charge in [-0.1, -0.05) is 20.8 Å². The Morgan fingerprint density at radius 1 is 1.47 bits per heavy atom. The molecular formula is C13H26N2O2. The van der Waals surface area contributed by atoms with Gasteiger partial charge in [0.1, 0.15) is 0 Å². The van der Waals surface area contributed by atoms with Gasteiger partial charge in [0.05, 0.1) is 6.10 Å². The predicted octanol–water partition coefficient (Wildman–Crippen LogP) is 0.755. The molecule has 1 saturated heterocycles. The molecule has 2 unspecified atom stereocenters. The van der Waals surface area contributed by atoms with Gasteiger partial charge in [-0.15, -0.1) is 0 Å². The molecular weight excluding hydrogens is 216 g/mol. The number of nitrogens with one attached hydrogen (secondary N) is 2. The first-order chi connectivity index (χ1) is 7.82. The maximum absolute atomic E-state index is 11.9. The van der Waals surface area contributed by atoms with Crippen molar-refractivity contribution in [2.24, 2.45) is 17.3 Å². The van der Waals surface area contributed by atoms with E-state index in [-0.39, 0.29) is 23.3 Å². The number of aliphatic hydroxyl groups is 1. The van der Waals surface area contributed by atoms with Crippen LogP contribution in [0.1, 0.15) is 34.1 Å². The number of carbonyl (C=O) groups is 1. The molecule has 4 nitrogen and oxygen atoms in total. The third-order valence-electron chi connectivity index (χ3n) is 3.52. The number of rotatable bonds is 6. The van der Waals surface area contributed by atoms with E-state index in [9.17, 15) is 9.90 Å². The zero-order chi connectivity index (χ0) is 13.1. The van der Waals surface area contributed by atoms with Crippen LogP contribution >= 0.6 is 0 Å².